The van der Waals surface area contributed by atoms with Crippen molar-refractivity contribution in [3.8, 4) is 0 Å². The highest BCUT2D eigenvalue weighted by Gasteiger charge is 2.20. The first-order valence-corrected chi connectivity index (χ1v) is 7.09. The van der Waals surface area contributed by atoms with Crippen LogP contribution in [0.4, 0.5) is 0 Å². The Labute approximate surface area is 125 Å². The second kappa shape index (κ2) is 7.04. The fourth-order valence-electron chi connectivity index (χ4n) is 2.46. The van der Waals surface area contributed by atoms with Crippen molar-refractivity contribution in [2.75, 3.05) is 7.05 Å². The van der Waals surface area contributed by atoms with Crippen molar-refractivity contribution in [3.63, 3.8) is 0 Å². The summed E-state index contributed by atoms with van der Waals surface area (Å²) in [5.74, 6) is -0.778. The van der Waals surface area contributed by atoms with Crippen molar-refractivity contribution >= 4 is 5.97 Å². The van der Waals surface area contributed by atoms with E-state index in [0.29, 0.717) is 0 Å². The van der Waals surface area contributed by atoms with E-state index in [2.05, 4.69) is 36.1 Å². The first-order valence-electron chi connectivity index (χ1n) is 7.09. The van der Waals surface area contributed by atoms with Crippen LogP contribution in [0.2, 0.25) is 0 Å². The Bertz CT molecular complexity index is 578. The van der Waals surface area contributed by atoms with E-state index in [1.165, 1.54) is 11.1 Å². The summed E-state index contributed by atoms with van der Waals surface area (Å²) in [5.41, 5.74) is 3.45. The summed E-state index contributed by atoms with van der Waals surface area (Å²) in [4.78, 5) is 13.2. The molecule has 1 atom stereocenters. The molecule has 0 aliphatic heterocycles. The van der Waals surface area contributed by atoms with E-state index in [0.717, 1.165) is 12.1 Å². The third-order valence-electron chi connectivity index (χ3n) is 3.64. The molecule has 0 aromatic heterocycles. The monoisotopic (exact) mass is 283 g/mol. The Morgan fingerprint density at radius 3 is 2.29 bits per heavy atom. The molecule has 21 heavy (non-hydrogen) atoms. The number of carbonyl (C=O) groups is 1. The highest BCUT2D eigenvalue weighted by atomic mass is 16.4. The molecule has 0 aliphatic rings. The first-order chi connectivity index (χ1) is 10.1. The fraction of sp³-hybridized carbons (Fsp3) is 0.278. The fourth-order valence-corrected chi connectivity index (χ4v) is 2.46. The van der Waals surface area contributed by atoms with Gasteiger partial charge in [0.15, 0.2) is 0 Å². The Morgan fingerprint density at radius 1 is 1.10 bits per heavy atom. The molecule has 1 unspecified atom stereocenters. The van der Waals surface area contributed by atoms with Crippen molar-refractivity contribution in [2.45, 2.75) is 25.9 Å². The first kappa shape index (κ1) is 15.3. The van der Waals surface area contributed by atoms with Crippen LogP contribution in [0, 0.1) is 6.92 Å². The van der Waals surface area contributed by atoms with Gasteiger partial charge in [0.25, 0.3) is 0 Å². The van der Waals surface area contributed by atoms with Crippen molar-refractivity contribution in [1.29, 1.82) is 0 Å². The summed E-state index contributed by atoms with van der Waals surface area (Å²) in [6.07, 6.45) is 0.104. The predicted octanol–water partition coefficient (Wildman–Crippen LogP) is 3.64. The summed E-state index contributed by atoms with van der Waals surface area (Å²) in [6.45, 7) is 2.79. The molecule has 2 aromatic rings. The molecule has 0 spiro atoms. The molecule has 0 bridgehead atoms. The Kier molecular flexibility index (Phi) is 5.12. The van der Waals surface area contributed by atoms with Crippen LogP contribution in [0.3, 0.4) is 0 Å². The quantitative estimate of drug-likeness (QED) is 0.880. The number of carboxylic acids is 1. The highest BCUT2D eigenvalue weighted by molar-refractivity contribution is 5.67. The average Bonchev–Trinajstić information content (AvgIpc) is 2.48. The van der Waals surface area contributed by atoms with Crippen molar-refractivity contribution in [2.24, 2.45) is 0 Å². The topological polar surface area (TPSA) is 40.5 Å². The smallest absolute Gasteiger partial charge is 0.305 e. The van der Waals surface area contributed by atoms with Gasteiger partial charge in [0, 0.05) is 12.6 Å². The van der Waals surface area contributed by atoms with Gasteiger partial charge in [0.2, 0.25) is 0 Å². The SMILES string of the molecule is Cc1ccc(CN(C)C(CC(=O)O)c2ccccc2)cc1. The maximum atomic E-state index is 11.2. The van der Waals surface area contributed by atoms with Gasteiger partial charge >= 0.3 is 5.97 Å². The summed E-state index contributed by atoms with van der Waals surface area (Å²) < 4.78 is 0. The van der Waals surface area contributed by atoms with Gasteiger partial charge < -0.3 is 5.11 Å². The predicted molar refractivity (Wildman–Crippen MR) is 84.1 cm³/mol. The molecular weight excluding hydrogens is 262 g/mol. The van der Waals surface area contributed by atoms with Crippen molar-refractivity contribution in [1.82, 2.24) is 4.90 Å². The molecule has 3 heteroatoms. The lowest BCUT2D eigenvalue weighted by atomic mass is 10.0. The van der Waals surface area contributed by atoms with E-state index in [1.807, 2.05) is 37.4 Å². The Hall–Kier alpha value is -2.13. The average molecular weight is 283 g/mol. The third kappa shape index (κ3) is 4.43. The van der Waals surface area contributed by atoms with Crippen LogP contribution in [0.5, 0.6) is 0 Å². The molecule has 1 N–H and O–H groups in total. The van der Waals surface area contributed by atoms with E-state index in [9.17, 15) is 4.79 Å². The molecule has 0 saturated carbocycles. The maximum Gasteiger partial charge on any atom is 0.305 e. The third-order valence-corrected chi connectivity index (χ3v) is 3.64. The maximum absolute atomic E-state index is 11.2. The minimum absolute atomic E-state index is 0.104. The summed E-state index contributed by atoms with van der Waals surface area (Å²) in [6, 6.07) is 18.0. The number of hydrogen-bond donors (Lipinski definition) is 1. The molecule has 2 aromatic carbocycles. The van der Waals surface area contributed by atoms with E-state index in [4.69, 9.17) is 5.11 Å². The summed E-state index contributed by atoms with van der Waals surface area (Å²) in [5, 5.41) is 9.17. The molecule has 0 radical (unpaired) electrons. The molecule has 0 fully saturated rings. The number of nitrogens with zero attached hydrogens (tertiary/aromatic N) is 1. The molecule has 0 amide bonds. The second-order valence-electron chi connectivity index (χ2n) is 5.43. The number of benzene rings is 2. The van der Waals surface area contributed by atoms with Crippen LogP contribution in [0.15, 0.2) is 54.6 Å². The van der Waals surface area contributed by atoms with Gasteiger partial charge in [-0.1, -0.05) is 60.2 Å². The van der Waals surface area contributed by atoms with Gasteiger partial charge in [-0.15, -0.1) is 0 Å². The molecule has 2 rings (SSSR count). The van der Waals surface area contributed by atoms with Crippen LogP contribution in [0.25, 0.3) is 0 Å². The van der Waals surface area contributed by atoms with Gasteiger partial charge in [0.05, 0.1) is 6.42 Å². The normalized spacial score (nSPS) is 12.3. The molecule has 110 valence electrons. The lowest BCUT2D eigenvalue weighted by Crippen LogP contribution is -2.26. The van der Waals surface area contributed by atoms with E-state index < -0.39 is 5.97 Å². The van der Waals surface area contributed by atoms with Crippen LogP contribution in [-0.4, -0.2) is 23.0 Å². The van der Waals surface area contributed by atoms with E-state index in [-0.39, 0.29) is 12.5 Å². The lowest BCUT2D eigenvalue weighted by molar-refractivity contribution is -0.138. The number of aliphatic carboxylic acids is 1. The van der Waals surface area contributed by atoms with Crippen LogP contribution >= 0.6 is 0 Å². The van der Waals surface area contributed by atoms with Gasteiger partial charge in [-0.05, 0) is 25.1 Å². The number of carboxylic acid groups (broad SMARTS) is 1. The van der Waals surface area contributed by atoms with Crippen LogP contribution in [0.1, 0.15) is 29.2 Å². The van der Waals surface area contributed by atoms with Gasteiger partial charge in [0.1, 0.15) is 0 Å². The zero-order chi connectivity index (χ0) is 15.2. The summed E-state index contributed by atoms with van der Waals surface area (Å²) >= 11 is 0. The van der Waals surface area contributed by atoms with E-state index in [1.54, 1.807) is 0 Å². The van der Waals surface area contributed by atoms with Gasteiger partial charge in [-0.25, -0.2) is 0 Å². The Balaban J connectivity index is 2.16. The number of rotatable bonds is 6. The number of aryl methyl sites for hydroxylation is 1. The zero-order valence-electron chi connectivity index (χ0n) is 12.5. The minimum Gasteiger partial charge on any atom is -0.481 e. The second-order valence-corrected chi connectivity index (χ2v) is 5.43. The van der Waals surface area contributed by atoms with Crippen LogP contribution < -0.4 is 0 Å². The van der Waals surface area contributed by atoms with Crippen LogP contribution in [-0.2, 0) is 11.3 Å². The van der Waals surface area contributed by atoms with Gasteiger partial charge in [-0.2, -0.15) is 0 Å². The molecular formula is C18H21NO2. The van der Waals surface area contributed by atoms with E-state index >= 15 is 0 Å². The zero-order valence-corrected chi connectivity index (χ0v) is 12.5. The molecule has 0 heterocycles. The minimum atomic E-state index is -0.778. The van der Waals surface area contributed by atoms with Gasteiger partial charge in [-0.3, -0.25) is 9.69 Å². The molecule has 0 saturated heterocycles. The highest BCUT2D eigenvalue weighted by Crippen LogP contribution is 2.24. The molecule has 0 aliphatic carbocycles. The lowest BCUT2D eigenvalue weighted by Gasteiger charge is -2.27. The Morgan fingerprint density at radius 2 is 1.71 bits per heavy atom. The molecule has 3 nitrogen and oxygen atoms in total. The largest absolute Gasteiger partial charge is 0.481 e. The van der Waals surface area contributed by atoms with Crippen molar-refractivity contribution < 1.29 is 9.90 Å². The standard InChI is InChI=1S/C18H21NO2/c1-14-8-10-15(11-9-14)13-19(2)17(12-18(20)21)16-6-4-3-5-7-16/h3-11,17H,12-13H2,1-2H3,(H,20,21). The number of hydrogen-bond acceptors (Lipinski definition) is 2. The summed E-state index contributed by atoms with van der Waals surface area (Å²) in [7, 11) is 1.97. The van der Waals surface area contributed by atoms with Crippen molar-refractivity contribution in [3.05, 3.63) is 71.3 Å².